The maximum Gasteiger partial charge on any atom is 0.295 e. The van der Waals surface area contributed by atoms with Crippen molar-refractivity contribution in [2.75, 3.05) is 16.1 Å². The number of aromatic nitrogens is 4. The van der Waals surface area contributed by atoms with E-state index in [2.05, 4.69) is 41.7 Å². The summed E-state index contributed by atoms with van der Waals surface area (Å²) in [6, 6.07) is 18.5. The van der Waals surface area contributed by atoms with Crippen molar-refractivity contribution in [2.24, 2.45) is 0 Å². The molecule has 0 saturated heterocycles. The fraction of sp³-hybridized carbons (Fsp3) is 0. The molecule has 1 radical (unpaired) electrons. The van der Waals surface area contributed by atoms with Gasteiger partial charge in [0.2, 0.25) is 5.95 Å². The standard InChI is InChI=1S/C22H15N8O2/c31-21-14-8-7-12(10-16(14)27-30-21)23-22-24-15-5-2-1-4-13(15)20(26-22)25-19-11-17(28-29-19)18-6-3-9-32-18/h1-11,27H,(H3,23,24,25,26,28,29). The van der Waals surface area contributed by atoms with Crippen LogP contribution in [0, 0.1) is 0 Å². The van der Waals surface area contributed by atoms with E-state index < -0.39 is 0 Å². The molecule has 0 atom stereocenters. The van der Waals surface area contributed by atoms with E-state index in [0.717, 1.165) is 16.6 Å². The molecule has 0 aliphatic carbocycles. The fourth-order valence-electron chi connectivity index (χ4n) is 3.49. The number of nitrogens with one attached hydrogen (secondary N) is 4. The van der Waals surface area contributed by atoms with Crippen LogP contribution in [-0.4, -0.2) is 26.1 Å². The lowest BCUT2D eigenvalue weighted by molar-refractivity contribution is 0.0969. The first kappa shape index (κ1) is 18.0. The number of amides is 1. The van der Waals surface area contributed by atoms with E-state index in [-0.39, 0.29) is 5.91 Å². The van der Waals surface area contributed by atoms with Gasteiger partial charge in [0, 0.05) is 17.1 Å². The highest BCUT2D eigenvalue weighted by Crippen LogP contribution is 2.29. The first-order valence-electron chi connectivity index (χ1n) is 9.78. The van der Waals surface area contributed by atoms with Crippen LogP contribution in [-0.2, 0) is 0 Å². The number of hydrogen-bond donors (Lipinski definition) is 4. The maximum atomic E-state index is 11.7. The summed E-state index contributed by atoms with van der Waals surface area (Å²) in [6.45, 7) is 0. The van der Waals surface area contributed by atoms with Gasteiger partial charge < -0.3 is 15.1 Å². The molecule has 155 valence electrons. The molecule has 0 saturated carbocycles. The molecule has 0 bridgehead atoms. The zero-order valence-electron chi connectivity index (χ0n) is 16.5. The van der Waals surface area contributed by atoms with Gasteiger partial charge >= 0.3 is 0 Å². The summed E-state index contributed by atoms with van der Waals surface area (Å²) in [6.07, 6.45) is 1.60. The third-order valence-corrected chi connectivity index (χ3v) is 4.99. The van der Waals surface area contributed by atoms with Crippen molar-refractivity contribution in [3.8, 4) is 11.5 Å². The van der Waals surface area contributed by atoms with Crippen molar-refractivity contribution in [3.05, 3.63) is 72.5 Å². The highest BCUT2D eigenvalue weighted by Gasteiger charge is 2.20. The van der Waals surface area contributed by atoms with Gasteiger partial charge in [-0.1, -0.05) is 12.1 Å². The SMILES string of the molecule is O=C1[N]Nc2cc(Nc3nc(Nc4cc(-c5ccco5)n[nH]4)c4ccccc4n3)ccc21. The normalized spacial score (nSPS) is 12.3. The summed E-state index contributed by atoms with van der Waals surface area (Å²) in [5.41, 5.74) is 9.77. The quantitative estimate of drug-likeness (QED) is 0.331. The number of aromatic amines is 1. The number of rotatable bonds is 5. The van der Waals surface area contributed by atoms with E-state index in [4.69, 9.17) is 4.42 Å². The molecule has 1 aliphatic heterocycles. The number of anilines is 5. The van der Waals surface area contributed by atoms with E-state index in [9.17, 15) is 4.79 Å². The third-order valence-electron chi connectivity index (χ3n) is 4.99. The molecule has 3 aromatic heterocycles. The number of fused-ring (bicyclic) bond motifs is 2. The Labute approximate surface area is 181 Å². The number of benzene rings is 2. The monoisotopic (exact) mass is 423 g/mol. The number of para-hydroxylation sites is 1. The van der Waals surface area contributed by atoms with Gasteiger partial charge in [0.05, 0.1) is 23.0 Å². The molecule has 10 nitrogen and oxygen atoms in total. The van der Waals surface area contributed by atoms with E-state index in [1.807, 2.05) is 42.5 Å². The van der Waals surface area contributed by atoms with Gasteiger partial charge in [-0.15, -0.1) is 5.43 Å². The van der Waals surface area contributed by atoms with Crippen LogP contribution in [0.2, 0.25) is 0 Å². The van der Waals surface area contributed by atoms with Crippen LogP contribution < -0.4 is 21.5 Å². The number of hydrogen-bond acceptors (Lipinski definition) is 8. The first-order chi connectivity index (χ1) is 15.7. The summed E-state index contributed by atoms with van der Waals surface area (Å²) in [5, 5.41) is 14.6. The smallest absolute Gasteiger partial charge is 0.295 e. The zero-order chi connectivity index (χ0) is 21.5. The largest absolute Gasteiger partial charge is 0.463 e. The fourth-order valence-corrected chi connectivity index (χ4v) is 3.49. The van der Waals surface area contributed by atoms with Crippen LogP contribution in [0.25, 0.3) is 22.4 Å². The predicted molar refractivity (Wildman–Crippen MR) is 119 cm³/mol. The highest BCUT2D eigenvalue weighted by atomic mass is 16.3. The molecule has 0 spiro atoms. The van der Waals surface area contributed by atoms with Gasteiger partial charge in [-0.3, -0.25) is 15.3 Å². The molecule has 2 aromatic carbocycles. The Balaban J connectivity index is 1.34. The Kier molecular flexibility index (Phi) is 4.00. The Bertz CT molecular complexity index is 1460. The highest BCUT2D eigenvalue weighted by molar-refractivity contribution is 6.04. The molecule has 4 heterocycles. The molecular formula is C22H15N8O2. The molecule has 0 unspecified atom stereocenters. The van der Waals surface area contributed by atoms with E-state index in [1.54, 1.807) is 24.5 Å². The predicted octanol–water partition coefficient (Wildman–Crippen LogP) is 4.19. The molecule has 10 heteroatoms. The number of carbonyl (C=O) groups is 1. The zero-order valence-corrected chi connectivity index (χ0v) is 16.5. The minimum Gasteiger partial charge on any atom is -0.463 e. The van der Waals surface area contributed by atoms with Crippen LogP contribution in [0.5, 0.6) is 0 Å². The Morgan fingerprint density at radius 1 is 0.938 bits per heavy atom. The van der Waals surface area contributed by atoms with Gasteiger partial charge in [0.1, 0.15) is 17.3 Å². The lowest BCUT2D eigenvalue weighted by atomic mass is 10.1. The van der Waals surface area contributed by atoms with E-state index >= 15 is 0 Å². The second-order valence-electron chi connectivity index (χ2n) is 7.10. The molecule has 1 amide bonds. The number of furan rings is 1. The van der Waals surface area contributed by atoms with Crippen molar-refractivity contribution in [3.63, 3.8) is 0 Å². The summed E-state index contributed by atoms with van der Waals surface area (Å²) in [4.78, 5) is 21.0. The summed E-state index contributed by atoms with van der Waals surface area (Å²) in [7, 11) is 0. The maximum absolute atomic E-state index is 11.7. The molecule has 6 rings (SSSR count). The summed E-state index contributed by atoms with van der Waals surface area (Å²) >= 11 is 0. The van der Waals surface area contributed by atoms with Crippen LogP contribution in [0.1, 0.15) is 10.4 Å². The summed E-state index contributed by atoms with van der Waals surface area (Å²) in [5.74, 6) is 2.05. The Morgan fingerprint density at radius 2 is 1.88 bits per heavy atom. The van der Waals surface area contributed by atoms with E-state index in [1.165, 1.54) is 0 Å². The van der Waals surface area contributed by atoms with Gasteiger partial charge in [-0.25, -0.2) is 4.98 Å². The molecule has 5 aromatic rings. The lowest BCUT2D eigenvalue weighted by Crippen LogP contribution is -2.10. The minimum absolute atomic E-state index is 0.284. The van der Waals surface area contributed by atoms with Gasteiger partial charge in [0.25, 0.3) is 5.91 Å². The number of nitrogens with zero attached hydrogens (tertiary/aromatic N) is 4. The van der Waals surface area contributed by atoms with Crippen LogP contribution in [0.4, 0.5) is 29.0 Å². The number of H-pyrrole nitrogens is 1. The summed E-state index contributed by atoms with van der Waals surface area (Å²) < 4.78 is 5.40. The third kappa shape index (κ3) is 3.16. The van der Waals surface area contributed by atoms with Gasteiger partial charge in [-0.2, -0.15) is 10.1 Å². The average Bonchev–Trinajstić information content (AvgIpc) is 3.56. The minimum atomic E-state index is -0.284. The first-order valence-corrected chi connectivity index (χ1v) is 9.78. The Hall–Kier alpha value is -4.86. The van der Waals surface area contributed by atoms with Crippen molar-refractivity contribution in [1.82, 2.24) is 25.6 Å². The second-order valence-corrected chi connectivity index (χ2v) is 7.10. The van der Waals surface area contributed by atoms with Crippen LogP contribution >= 0.6 is 0 Å². The van der Waals surface area contributed by atoms with Crippen LogP contribution in [0.3, 0.4) is 0 Å². The molecule has 1 aliphatic rings. The van der Waals surface area contributed by atoms with Crippen molar-refractivity contribution < 1.29 is 9.21 Å². The van der Waals surface area contributed by atoms with E-state index in [0.29, 0.717) is 40.3 Å². The molecular weight excluding hydrogens is 408 g/mol. The number of carbonyl (C=O) groups excluding carboxylic acids is 1. The molecule has 0 fully saturated rings. The lowest BCUT2D eigenvalue weighted by Gasteiger charge is -2.11. The van der Waals surface area contributed by atoms with Crippen molar-refractivity contribution >= 4 is 45.8 Å². The second kappa shape index (κ2) is 7.13. The van der Waals surface area contributed by atoms with Crippen molar-refractivity contribution in [1.29, 1.82) is 0 Å². The van der Waals surface area contributed by atoms with Crippen molar-refractivity contribution in [2.45, 2.75) is 0 Å². The Morgan fingerprint density at radius 3 is 2.78 bits per heavy atom. The van der Waals surface area contributed by atoms with Gasteiger partial charge in [0.15, 0.2) is 5.76 Å². The molecule has 32 heavy (non-hydrogen) atoms. The van der Waals surface area contributed by atoms with Crippen LogP contribution in [0.15, 0.2) is 71.3 Å². The topological polar surface area (TPSA) is 135 Å². The molecule has 4 N–H and O–H groups in total. The van der Waals surface area contributed by atoms with Gasteiger partial charge in [-0.05, 0) is 42.5 Å². The average molecular weight is 423 g/mol.